The van der Waals surface area contributed by atoms with Crippen LogP contribution in [0.15, 0.2) is 18.2 Å². The summed E-state index contributed by atoms with van der Waals surface area (Å²) in [4.78, 5) is 10.4. The molecule has 0 saturated heterocycles. The van der Waals surface area contributed by atoms with Crippen LogP contribution in [0.2, 0.25) is 0 Å². The third kappa shape index (κ3) is 2.78. The molecule has 1 saturated carbocycles. The highest BCUT2D eigenvalue weighted by Crippen LogP contribution is 2.40. The van der Waals surface area contributed by atoms with E-state index in [2.05, 4.69) is 0 Å². The van der Waals surface area contributed by atoms with Gasteiger partial charge in [-0.25, -0.2) is 0 Å². The maximum Gasteiger partial charge on any atom is 0.122 e. The average Bonchev–Trinajstić information content (AvgIpc) is 2.31. The van der Waals surface area contributed by atoms with Crippen molar-refractivity contribution < 1.29 is 15.0 Å². The standard InChI is InChI=1S/C14H18O3/c15-8-7-10-1-3-11(4-2-10)13-6-5-12(16)9-14(13)17/h5-6,8-11,16-17H,1-4,7H2. The SMILES string of the molecule is O=CCC1CCC(c2ccc(O)cc2O)CC1. The second-order valence-corrected chi connectivity index (χ2v) is 4.86. The van der Waals surface area contributed by atoms with Gasteiger partial charge in [-0.2, -0.15) is 0 Å². The summed E-state index contributed by atoms with van der Waals surface area (Å²) in [6, 6.07) is 4.81. The summed E-state index contributed by atoms with van der Waals surface area (Å²) in [6.45, 7) is 0. The zero-order valence-electron chi connectivity index (χ0n) is 9.80. The van der Waals surface area contributed by atoms with Crippen molar-refractivity contribution in [1.29, 1.82) is 0 Å². The molecule has 0 radical (unpaired) electrons. The first kappa shape index (κ1) is 12.0. The van der Waals surface area contributed by atoms with E-state index in [4.69, 9.17) is 0 Å². The van der Waals surface area contributed by atoms with Gasteiger partial charge in [-0.15, -0.1) is 0 Å². The summed E-state index contributed by atoms with van der Waals surface area (Å²) in [5.74, 6) is 1.16. The van der Waals surface area contributed by atoms with E-state index >= 15 is 0 Å². The number of phenolic OH excluding ortho intramolecular Hbond substituents is 2. The molecule has 0 spiro atoms. The van der Waals surface area contributed by atoms with Crippen molar-refractivity contribution >= 4 is 6.29 Å². The third-order valence-corrected chi connectivity index (χ3v) is 3.73. The minimum Gasteiger partial charge on any atom is -0.508 e. The highest BCUT2D eigenvalue weighted by atomic mass is 16.3. The first-order valence-electron chi connectivity index (χ1n) is 6.16. The number of carbonyl (C=O) groups excluding carboxylic acids is 1. The number of aromatic hydroxyl groups is 2. The lowest BCUT2D eigenvalue weighted by molar-refractivity contribution is -0.108. The van der Waals surface area contributed by atoms with Crippen LogP contribution >= 0.6 is 0 Å². The van der Waals surface area contributed by atoms with Gasteiger partial charge in [0, 0.05) is 12.5 Å². The van der Waals surface area contributed by atoms with Crippen molar-refractivity contribution in [2.45, 2.75) is 38.0 Å². The molecule has 1 aliphatic carbocycles. The van der Waals surface area contributed by atoms with Crippen LogP contribution in [-0.4, -0.2) is 16.5 Å². The van der Waals surface area contributed by atoms with Crippen molar-refractivity contribution in [3.63, 3.8) is 0 Å². The van der Waals surface area contributed by atoms with Crippen LogP contribution in [0, 0.1) is 5.92 Å². The Bertz CT molecular complexity index is 392. The zero-order valence-corrected chi connectivity index (χ0v) is 9.80. The average molecular weight is 234 g/mol. The molecule has 1 aliphatic rings. The van der Waals surface area contributed by atoms with Gasteiger partial charge in [-0.05, 0) is 49.1 Å². The number of aldehydes is 1. The van der Waals surface area contributed by atoms with Crippen molar-refractivity contribution in [3.05, 3.63) is 23.8 Å². The highest BCUT2D eigenvalue weighted by Gasteiger charge is 2.23. The fourth-order valence-corrected chi connectivity index (χ4v) is 2.72. The van der Waals surface area contributed by atoms with Crippen molar-refractivity contribution in [2.24, 2.45) is 5.92 Å². The molecule has 2 N–H and O–H groups in total. The second-order valence-electron chi connectivity index (χ2n) is 4.86. The lowest BCUT2D eigenvalue weighted by atomic mass is 9.77. The fourth-order valence-electron chi connectivity index (χ4n) is 2.72. The van der Waals surface area contributed by atoms with Crippen LogP contribution in [0.3, 0.4) is 0 Å². The Hall–Kier alpha value is -1.51. The first-order chi connectivity index (χ1) is 8.20. The van der Waals surface area contributed by atoms with E-state index in [0.29, 0.717) is 18.3 Å². The normalized spacial score (nSPS) is 24.5. The Morgan fingerprint density at radius 1 is 1.18 bits per heavy atom. The molecule has 3 heteroatoms. The molecule has 0 aromatic heterocycles. The van der Waals surface area contributed by atoms with Crippen LogP contribution < -0.4 is 0 Å². The van der Waals surface area contributed by atoms with E-state index < -0.39 is 0 Å². The maximum atomic E-state index is 10.4. The van der Waals surface area contributed by atoms with Crippen molar-refractivity contribution in [3.8, 4) is 11.5 Å². The molecule has 92 valence electrons. The summed E-state index contributed by atoms with van der Waals surface area (Å²) < 4.78 is 0. The topological polar surface area (TPSA) is 57.5 Å². The predicted molar refractivity (Wildman–Crippen MR) is 65.2 cm³/mol. The van der Waals surface area contributed by atoms with Gasteiger partial charge in [-0.1, -0.05) is 6.07 Å². The van der Waals surface area contributed by atoms with E-state index in [0.717, 1.165) is 37.5 Å². The fraction of sp³-hybridized carbons (Fsp3) is 0.500. The predicted octanol–water partition coefficient (Wildman–Crippen LogP) is 2.96. The van der Waals surface area contributed by atoms with E-state index in [-0.39, 0.29) is 11.5 Å². The van der Waals surface area contributed by atoms with Gasteiger partial charge >= 0.3 is 0 Å². The number of carbonyl (C=O) groups is 1. The first-order valence-corrected chi connectivity index (χ1v) is 6.16. The molecular weight excluding hydrogens is 216 g/mol. The highest BCUT2D eigenvalue weighted by molar-refractivity contribution is 5.49. The molecular formula is C14H18O3. The molecule has 1 fully saturated rings. The molecule has 0 amide bonds. The molecule has 17 heavy (non-hydrogen) atoms. The number of hydrogen-bond donors (Lipinski definition) is 2. The van der Waals surface area contributed by atoms with E-state index in [1.807, 2.05) is 0 Å². The summed E-state index contributed by atoms with van der Waals surface area (Å²) >= 11 is 0. The summed E-state index contributed by atoms with van der Waals surface area (Å²) in [5.41, 5.74) is 0.923. The molecule has 0 aliphatic heterocycles. The lowest BCUT2D eigenvalue weighted by Gasteiger charge is -2.28. The molecule has 0 atom stereocenters. The summed E-state index contributed by atoms with van der Waals surface area (Å²) in [6.07, 6.45) is 5.78. The van der Waals surface area contributed by atoms with Crippen LogP contribution in [0.1, 0.15) is 43.6 Å². The quantitative estimate of drug-likeness (QED) is 0.790. The molecule has 2 rings (SSSR count). The zero-order chi connectivity index (χ0) is 12.3. The monoisotopic (exact) mass is 234 g/mol. The number of phenols is 2. The molecule has 1 aromatic rings. The van der Waals surface area contributed by atoms with E-state index in [9.17, 15) is 15.0 Å². The van der Waals surface area contributed by atoms with Crippen LogP contribution in [0.25, 0.3) is 0 Å². The van der Waals surface area contributed by atoms with Crippen molar-refractivity contribution in [1.82, 2.24) is 0 Å². The Morgan fingerprint density at radius 2 is 1.88 bits per heavy atom. The number of hydrogen-bond acceptors (Lipinski definition) is 3. The van der Waals surface area contributed by atoms with Crippen molar-refractivity contribution in [2.75, 3.05) is 0 Å². The Morgan fingerprint density at radius 3 is 2.47 bits per heavy atom. The van der Waals surface area contributed by atoms with Gasteiger partial charge in [0.2, 0.25) is 0 Å². The van der Waals surface area contributed by atoms with Gasteiger partial charge < -0.3 is 15.0 Å². The Labute approximate surface area is 101 Å². The minimum absolute atomic E-state index is 0.0980. The van der Waals surface area contributed by atoms with Crippen LogP contribution in [-0.2, 0) is 4.79 Å². The number of benzene rings is 1. The third-order valence-electron chi connectivity index (χ3n) is 3.73. The maximum absolute atomic E-state index is 10.4. The van der Waals surface area contributed by atoms with Gasteiger partial charge in [0.1, 0.15) is 17.8 Å². The van der Waals surface area contributed by atoms with E-state index in [1.165, 1.54) is 6.07 Å². The second kappa shape index (κ2) is 5.21. The lowest BCUT2D eigenvalue weighted by Crippen LogP contribution is -2.13. The van der Waals surface area contributed by atoms with Crippen LogP contribution in [0.4, 0.5) is 0 Å². The molecule has 0 bridgehead atoms. The number of rotatable bonds is 3. The Balaban J connectivity index is 2.02. The molecule has 0 heterocycles. The van der Waals surface area contributed by atoms with Gasteiger partial charge in [0.15, 0.2) is 0 Å². The van der Waals surface area contributed by atoms with Crippen LogP contribution in [0.5, 0.6) is 11.5 Å². The molecule has 0 unspecified atom stereocenters. The smallest absolute Gasteiger partial charge is 0.122 e. The van der Waals surface area contributed by atoms with Gasteiger partial charge in [0.05, 0.1) is 0 Å². The molecule has 3 nitrogen and oxygen atoms in total. The summed E-state index contributed by atoms with van der Waals surface area (Å²) in [5, 5.41) is 19.0. The largest absolute Gasteiger partial charge is 0.508 e. The summed E-state index contributed by atoms with van der Waals surface area (Å²) in [7, 11) is 0. The minimum atomic E-state index is 0.0980. The Kier molecular flexibility index (Phi) is 3.67. The van der Waals surface area contributed by atoms with Gasteiger partial charge in [0.25, 0.3) is 0 Å². The molecule has 1 aromatic carbocycles. The van der Waals surface area contributed by atoms with E-state index in [1.54, 1.807) is 12.1 Å². The van der Waals surface area contributed by atoms with Gasteiger partial charge in [-0.3, -0.25) is 0 Å².